The Labute approximate surface area is 190 Å². The van der Waals surface area contributed by atoms with Crippen LogP contribution in [0.3, 0.4) is 0 Å². The molecule has 1 aromatic carbocycles. The Morgan fingerprint density at radius 3 is 2.61 bits per heavy atom. The Bertz CT molecular complexity index is 1140. The highest BCUT2D eigenvalue weighted by Gasteiger charge is 2.40. The second kappa shape index (κ2) is 8.26. The lowest BCUT2D eigenvalue weighted by Gasteiger charge is -2.32. The van der Waals surface area contributed by atoms with Gasteiger partial charge in [-0.25, -0.2) is 4.39 Å². The zero-order chi connectivity index (χ0) is 23.3. The fourth-order valence-corrected chi connectivity index (χ4v) is 5.18. The van der Waals surface area contributed by atoms with E-state index in [9.17, 15) is 14.4 Å². The molecule has 1 unspecified atom stereocenters. The van der Waals surface area contributed by atoms with Crippen LogP contribution in [0.5, 0.6) is 0 Å². The number of anilines is 1. The molecule has 2 saturated heterocycles. The van der Waals surface area contributed by atoms with Crippen molar-refractivity contribution in [3.8, 4) is 0 Å². The van der Waals surface area contributed by atoms with Crippen molar-refractivity contribution < 1.29 is 18.8 Å². The van der Waals surface area contributed by atoms with E-state index in [0.717, 1.165) is 37.1 Å². The van der Waals surface area contributed by atoms with E-state index in [1.165, 1.54) is 11.0 Å². The quantitative estimate of drug-likeness (QED) is 0.673. The molecule has 3 amide bonds. The molecule has 2 fully saturated rings. The minimum Gasteiger partial charge on any atom is -0.384 e. The van der Waals surface area contributed by atoms with Crippen LogP contribution in [0.2, 0.25) is 0 Å². The number of fused-ring (bicyclic) bond motifs is 1. The van der Waals surface area contributed by atoms with Crippen LogP contribution in [0, 0.1) is 5.82 Å². The van der Waals surface area contributed by atoms with Crippen molar-refractivity contribution in [2.24, 2.45) is 7.05 Å². The molecular formula is C23H27FN6O3. The van der Waals surface area contributed by atoms with Gasteiger partial charge in [0, 0.05) is 37.7 Å². The molecule has 3 aliphatic rings. The predicted molar refractivity (Wildman–Crippen MR) is 117 cm³/mol. The number of likely N-dealkylation sites (tertiary alicyclic amines) is 1. The fraction of sp³-hybridized carbons (Fsp3) is 0.478. The molecule has 174 valence electrons. The monoisotopic (exact) mass is 454 g/mol. The minimum absolute atomic E-state index is 0.0672. The summed E-state index contributed by atoms with van der Waals surface area (Å²) in [5, 5.41) is 6.48. The summed E-state index contributed by atoms with van der Waals surface area (Å²) in [7, 11) is 1.81. The highest BCUT2D eigenvalue weighted by atomic mass is 19.1. The number of nitrogen functional groups attached to an aromatic ring is 1. The maximum Gasteiger partial charge on any atom is 0.255 e. The Balaban J connectivity index is 1.27. The number of rotatable bonds is 4. The Morgan fingerprint density at radius 1 is 1.18 bits per heavy atom. The lowest BCUT2D eigenvalue weighted by molar-refractivity contribution is -0.136. The van der Waals surface area contributed by atoms with E-state index in [1.54, 1.807) is 16.9 Å². The van der Waals surface area contributed by atoms with E-state index < -0.39 is 11.9 Å². The highest BCUT2D eigenvalue weighted by Crippen LogP contribution is 2.35. The van der Waals surface area contributed by atoms with E-state index in [4.69, 9.17) is 5.73 Å². The van der Waals surface area contributed by atoms with Crippen molar-refractivity contribution in [2.75, 3.05) is 18.8 Å². The third-order valence-corrected chi connectivity index (χ3v) is 7.13. The average Bonchev–Trinajstić information content (AvgIpc) is 3.27. The molecule has 1 atom stereocenters. The van der Waals surface area contributed by atoms with Crippen molar-refractivity contribution >= 4 is 23.5 Å². The van der Waals surface area contributed by atoms with Crippen molar-refractivity contribution in [1.29, 1.82) is 0 Å². The first-order valence-electron chi connectivity index (χ1n) is 11.3. The summed E-state index contributed by atoms with van der Waals surface area (Å²) >= 11 is 0. The summed E-state index contributed by atoms with van der Waals surface area (Å²) in [5.74, 6) is -0.790. The number of aromatic nitrogens is 2. The SMILES string of the molecule is Cn1ncc(CN2CCC(c3cc4c(cc3F)C(=O)N(C3CCC(=O)NC3=O)C4)CC2)c1N. The molecule has 0 saturated carbocycles. The van der Waals surface area contributed by atoms with Gasteiger partial charge in [-0.1, -0.05) is 6.07 Å². The van der Waals surface area contributed by atoms with E-state index in [2.05, 4.69) is 15.3 Å². The number of carbonyl (C=O) groups excluding carboxylic acids is 3. The van der Waals surface area contributed by atoms with Crippen LogP contribution in [0.4, 0.5) is 10.2 Å². The van der Waals surface area contributed by atoms with Crippen LogP contribution >= 0.6 is 0 Å². The summed E-state index contributed by atoms with van der Waals surface area (Å²) < 4.78 is 16.7. The van der Waals surface area contributed by atoms with Crippen molar-refractivity contribution in [2.45, 2.75) is 50.7 Å². The van der Waals surface area contributed by atoms with Gasteiger partial charge in [0.2, 0.25) is 11.8 Å². The number of benzene rings is 1. The summed E-state index contributed by atoms with van der Waals surface area (Å²) in [6.45, 7) is 2.61. The third kappa shape index (κ3) is 3.88. The van der Waals surface area contributed by atoms with Gasteiger partial charge >= 0.3 is 0 Å². The molecule has 9 nitrogen and oxygen atoms in total. The van der Waals surface area contributed by atoms with Gasteiger partial charge in [0.1, 0.15) is 17.7 Å². The maximum absolute atomic E-state index is 15.1. The van der Waals surface area contributed by atoms with Gasteiger partial charge in [0.25, 0.3) is 5.91 Å². The molecule has 3 N–H and O–H groups in total. The van der Waals surface area contributed by atoms with Gasteiger partial charge in [-0.3, -0.25) is 29.3 Å². The molecule has 33 heavy (non-hydrogen) atoms. The number of nitrogens with zero attached hydrogens (tertiary/aromatic N) is 4. The highest BCUT2D eigenvalue weighted by molar-refractivity contribution is 6.05. The Morgan fingerprint density at radius 2 is 1.94 bits per heavy atom. The van der Waals surface area contributed by atoms with Gasteiger partial charge in [-0.05, 0) is 55.5 Å². The molecule has 1 aromatic heterocycles. The second-order valence-corrected chi connectivity index (χ2v) is 9.16. The lowest BCUT2D eigenvalue weighted by atomic mass is 9.87. The molecule has 3 aliphatic heterocycles. The molecular weight excluding hydrogens is 427 g/mol. The maximum atomic E-state index is 15.1. The van der Waals surface area contributed by atoms with E-state index in [0.29, 0.717) is 29.9 Å². The van der Waals surface area contributed by atoms with Crippen molar-refractivity contribution in [1.82, 2.24) is 24.9 Å². The second-order valence-electron chi connectivity index (χ2n) is 9.16. The average molecular weight is 455 g/mol. The molecule has 4 heterocycles. The van der Waals surface area contributed by atoms with Gasteiger partial charge < -0.3 is 10.6 Å². The summed E-state index contributed by atoms with van der Waals surface area (Å²) in [5.41, 5.74) is 8.73. The summed E-state index contributed by atoms with van der Waals surface area (Å²) in [6.07, 6.45) is 3.88. The van der Waals surface area contributed by atoms with Crippen LogP contribution < -0.4 is 11.1 Å². The fourth-order valence-electron chi connectivity index (χ4n) is 5.18. The molecule has 0 spiro atoms. The number of aryl methyl sites for hydroxylation is 1. The normalized spacial score (nSPS) is 22.1. The molecule has 2 aromatic rings. The standard InChI is InChI=1S/C23H27FN6O3/c1-28-21(25)15(10-26-28)11-29-6-4-13(5-7-29)16-8-14-12-30(23(33)17(14)9-18(16)24)19-2-3-20(31)27-22(19)32/h8-10,13,19H,2-7,11-12,25H2,1H3,(H,27,31,32). The molecule has 0 bridgehead atoms. The number of amides is 3. The van der Waals surface area contributed by atoms with Crippen LogP contribution in [-0.2, 0) is 29.7 Å². The number of halogens is 1. The number of hydrogen-bond acceptors (Lipinski definition) is 6. The van der Waals surface area contributed by atoms with Gasteiger partial charge in [-0.2, -0.15) is 5.10 Å². The molecule has 0 radical (unpaired) electrons. The Kier molecular flexibility index (Phi) is 5.40. The van der Waals surface area contributed by atoms with Crippen molar-refractivity contribution in [3.05, 3.63) is 46.4 Å². The zero-order valence-electron chi connectivity index (χ0n) is 18.5. The number of carbonyl (C=O) groups is 3. The van der Waals surface area contributed by atoms with Crippen LogP contribution in [-0.4, -0.2) is 56.4 Å². The number of piperidine rings is 2. The van der Waals surface area contributed by atoms with E-state index in [1.807, 2.05) is 7.05 Å². The largest absolute Gasteiger partial charge is 0.384 e. The number of hydrogen-bond donors (Lipinski definition) is 2. The molecule has 10 heteroatoms. The molecule has 5 rings (SSSR count). The third-order valence-electron chi connectivity index (χ3n) is 7.13. The topological polar surface area (TPSA) is 114 Å². The first kappa shape index (κ1) is 21.6. The predicted octanol–water partition coefficient (Wildman–Crippen LogP) is 1.28. The smallest absolute Gasteiger partial charge is 0.255 e. The first-order chi connectivity index (χ1) is 15.8. The summed E-state index contributed by atoms with van der Waals surface area (Å²) in [6, 6.07) is 2.42. The number of imide groups is 1. The Hall–Kier alpha value is -3.27. The van der Waals surface area contributed by atoms with Crippen LogP contribution in [0.15, 0.2) is 18.3 Å². The van der Waals surface area contributed by atoms with E-state index >= 15 is 4.39 Å². The number of nitrogens with two attached hydrogens (primary N) is 1. The van der Waals surface area contributed by atoms with Crippen LogP contribution in [0.25, 0.3) is 0 Å². The first-order valence-corrected chi connectivity index (χ1v) is 11.3. The zero-order valence-corrected chi connectivity index (χ0v) is 18.5. The van der Waals surface area contributed by atoms with Gasteiger partial charge in [0.15, 0.2) is 0 Å². The van der Waals surface area contributed by atoms with Gasteiger partial charge in [0.05, 0.1) is 6.20 Å². The minimum atomic E-state index is -0.697. The van der Waals surface area contributed by atoms with E-state index in [-0.39, 0.29) is 36.5 Å². The van der Waals surface area contributed by atoms with Gasteiger partial charge in [-0.15, -0.1) is 0 Å². The van der Waals surface area contributed by atoms with Crippen LogP contribution in [0.1, 0.15) is 58.6 Å². The molecule has 0 aliphatic carbocycles. The summed E-state index contributed by atoms with van der Waals surface area (Å²) in [4.78, 5) is 40.3. The number of nitrogens with one attached hydrogen (secondary N) is 1. The lowest BCUT2D eigenvalue weighted by Crippen LogP contribution is -2.52. The van der Waals surface area contributed by atoms with Crippen molar-refractivity contribution in [3.63, 3.8) is 0 Å².